The number of aryl methyl sites for hydroxylation is 1. The van der Waals surface area contributed by atoms with E-state index in [-0.39, 0.29) is 5.54 Å². The molecule has 0 aliphatic heterocycles. The molecule has 0 saturated heterocycles. The van der Waals surface area contributed by atoms with Gasteiger partial charge in [-0.3, -0.25) is 0 Å². The van der Waals surface area contributed by atoms with E-state index in [1.165, 1.54) is 0 Å². The number of nitrogens with two attached hydrogens (primary N) is 1. The lowest BCUT2D eigenvalue weighted by Gasteiger charge is -2.22. The number of benzene rings is 1. The molecule has 0 heterocycles. The van der Waals surface area contributed by atoms with Crippen molar-refractivity contribution in [3.05, 3.63) is 17.7 Å². The average Bonchev–Trinajstić information content (AvgIpc) is 2.25. The highest BCUT2D eigenvalue weighted by molar-refractivity contribution is 5.64. The second-order valence-electron chi connectivity index (χ2n) is 4.86. The first-order valence-electron chi connectivity index (χ1n) is 5.63. The molecule has 96 valence electrons. The van der Waals surface area contributed by atoms with Crippen LogP contribution in [-0.2, 0) is 0 Å². The maximum absolute atomic E-state index is 5.95. The zero-order valence-corrected chi connectivity index (χ0v) is 11.3. The van der Waals surface area contributed by atoms with Gasteiger partial charge in [0.2, 0.25) is 0 Å². The fourth-order valence-corrected chi connectivity index (χ4v) is 1.54. The van der Waals surface area contributed by atoms with E-state index in [0.717, 1.165) is 22.7 Å². The summed E-state index contributed by atoms with van der Waals surface area (Å²) in [5, 5.41) is 3.32. The normalized spacial score (nSPS) is 11.2. The molecule has 0 aromatic heterocycles. The number of rotatable bonds is 5. The van der Waals surface area contributed by atoms with E-state index in [1.807, 2.05) is 32.9 Å². The summed E-state index contributed by atoms with van der Waals surface area (Å²) in [7, 11) is 3.29. The van der Waals surface area contributed by atoms with Gasteiger partial charge in [0.05, 0.1) is 19.9 Å². The maximum atomic E-state index is 5.95. The third-order valence-electron chi connectivity index (χ3n) is 2.45. The fraction of sp³-hybridized carbons (Fsp3) is 0.538. The third-order valence-corrected chi connectivity index (χ3v) is 2.45. The highest BCUT2D eigenvalue weighted by Gasteiger charge is 2.14. The summed E-state index contributed by atoms with van der Waals surface area (Å²) < 4.78 is 10.6. The van der Waals surface area contributed by atoms with Crippen LogP contribution in [0.4, 0.5) is 5.69 Å². The number of methoxy groups -OCH3 is 2. The Morgan fingerprint density at radius 2 is 1.88 bits per heavy atom. The molecule has 4 nitrogen and oxygen atoms in total. The van der Waals surface area contributed by atoms with E-state index in [2.05, 4.69) is 5.32 Å². The number of anilines is 1. The van der Waals surface area contributed by atoms with E-state index in [4.69, 9.17) is 15.2 Å². The molecule has 0 radical (unpaired) electrons. The minimum Gasteiger partial charge on any atom is -0.497 e. The summed E-state index contributed by atoms with van der Waals surface area (Å²) in [5.74, 6) is 1.56. The van der Waals surface area contributed by atoms with Crippen molar-refractivity contribution in [2.45, 2.75) is 26.3 Å². The van der Waals surface area contributed by atoms with Gasteiger partial charge in [0.15, 0.2) is 0 Å². The van der Waals surface area contributed by atoms with E-state index in [9.17, 15) is 0 Å². The van der Waals surface area contributed by atoms with Crippen molar-refractivity contribution in [2.75, 3.05) is 26.1 Å². The number of ether oxygens (including phenoxy) is 2. The number of hydrogen-bond donors (Lipinski definition) is 2. The van der Waals surface area contributed by atoms with Gasteiger partial charge in [0, 0.05) is 18.2 Å². The van der Waals surface area contributed by atoms with Crippen molar-refractivity contribution in [3.63, 3.8) is 0 Å². The SMILES string of the molecule is COc1cc(C)c(NCC(C)(C)N)c(OC)c1. The van der Waals surface area contributed by atoms with Gasteiger partial charge in [-0.25, -0.2) is 0 Å². The minimum absolute atomic E-state index is 0.266. The molecule has 0 bridgehead atoms. The zero-order valence-electron chi connectivity index (χ0n) is 11.3. The second-order valence-corrected chi connectivity index (χ2v) is 4.86. The van der Waals surface area contributed by atoms with Gasteiger partial charge in [-0.2, -0.15) is 0 Å². The molecule has 0 unspecified atom stereocenters. The van der Waals surface area contributed by atoms with Crippen molar-refractivity contribution in [1.29, 1.82) is 0 Å². The average molecular weight is 238 g/mol. The summed E-state index contributed by atoms with van der Waals surface area (Å²) in [6.07, 6.45) is 0. The van der Waals surface area contributed by atoms with Gasteiger partial charge in [-0.1, -0.05) is 0 Å². The molecule has 0 spiro atoms. The second kappa shape index (κ2) is 5.27. The Balaban J connectivity index is 2.98. The smallest absolute Gasteiger partial charge is 0.145 e. The molecular weight excluding hydrogens is 216 g/mol. The standard InChI is InChI=1S/C13H22N2O2/c1-9-6-10(16-4)7-11(17-5)12(9)15-8-13(2,3)14/h6-7,15H,8,14H2,1-5H3. The third kappa shape index (κ3) is 3.82. The molecule has 1 aromatic carbocycles. The topological polar surface area (TPSA) is 56.5 Å². The highest BCUT2D eigenvalue weighted by atomic mass is 16.5. The van der Waals surface area contributed by atoms with Gasteiger partial charge in [0.1, 0.15) is 11.5 Å². The predicted molar refractivity (Wildman–Crippen MR) is 71.0 cm³/mol. The Morgan fingerprint density at radius 1 is 1.24 bits per heavy atom. The van der Waals surface area contributed by atoms with Crippen LogP contribution in [0.2, 0.25) is 0 Å². The molecule has 0 fully saturated rings. The summed E-state index contributed by atoms with van der Waals surface area (Å²) in [6.45, 7) is 6.64. The van der Waals surface area contributed by atoms with E-state index >= 15 is 0 Å². The first-order chi connectivity index (χ1) is 7.87. The molecule has 3 N–H and O–H groups in total. The maximum Gasteiger partial charge on any atom is 0.145 e. The van der Waals surface area contributed by atoms with Gasteiger partial charge in [0.25, 0.3) is 0 Å². The molecule has 0 saturated carbocycles. The molecule has 0 amide bonds. The highest BCUT2D eigenvalue weighted by Crippen LogP contribution is 2.33. The molecule has 17 heavy (non-hydrogen) atoms. The van der Waals surface area contributed by atoms with Crippen molar-refractivity contribution in [3.8, 4) is 11.5 Å². The van der Waals surface area contributed by atoms with Crippen LogP contribution in [0, 0.1) is 6.92 Å². The van der Waals surface area contributed by atoms with Crippen LogP contribution < -0.4 is 20.5 Å². The number of hydrogen-bond acceptors (Lipinski definition) is 4. The van der Waals surface area contributed by atoms with Gasteiger partial charge in [-0.05, 0) is 32.4 Å². The van der Waals surface area contributed by atoms with E-state index in [1.54, 1.807) is 14.2 Å². The van der Waals surface area contributed by atoms with Gasteiger partial charge >= 0.3 is 0 Å². The molecular formula is C13H22N2O2. The molecule has 1 rings (SSSR count). The lowest BCUT2D eigenvalue weighted by atomic mass is 10.1. The van der Waals surface area contributed by atoms with Crippen molar-refractivity contribution in [2.24, 2.45) is 5.73 Å². The first kappa shape index (κ1) is 13.6. The monoisotopic (exact) mass is 238 g/mol. The molecule has 0 aliphatic rings. The largest absolute Gasteiger partial charge is 0.497 e. The Hall–Kier alpha value is -1.42. The Morgan fingerprint density at radius 3 is 2.35 bits per heavy atom. The summed E-state index contributed by atoms with van der Waals surface area (Å²) in [4.78, 5) is 0. The van der Waals surface area contributed by atoms with Crippen LogP contribution in [0.1, 0.15) is 19.4 Å². The van der Waals surface area contributed by atoms with Crippen LogP contribution in [0.25, 0.3) is 0 Å². The molecule has 1 aromatic rings. The van der Waals surface area contributed by atoms with Gasteiger partial charge < -0.3 is 20.5 Å². The Bertz CT molecular complexity index is 384. The van der Waals surface area contributed by atoms with Crippen molar-refractivity contribution >= 4 is 5.69 Å². The van der Waals surface area contributed by atoms with E-state index in [0.29, 0.717) is 6.54 Å². The van der Waals surface area contributed by atoms with E-state index < -0.39 is 0 Å². The van der Waals surface area contributed by atoms with Gasteiger partial charge in [-0.15, -0.1) is 0 Å². The Labute approximate surface area is 103 Å². The molecule has 0 atom stereocenters. The first-order valence-corrected chi connectivity index (χ1v) is 5.63. The van der Waals surface area contributed by atoms with Crippen LogP contribution in [0.15, 0.2) is 12.1 Å². The minimum atomic E-state index is -0.266. The molecule has 4 heteroatoms. The van der Waals surface area contributed by atoms with Crippen molar-refractivity contribution < 1.29 is 9.47 Å². The zero-order chi connectivity index (χ0) is 13.1. The summed E-state index contributed by atoms with van der Waals surface area (Å²) in [5.41, 5.74) is 7.73. The summed E-state index contributed by atoms with van der Waals surface area (Å²) >= 11 is 0. The lowest BCUT2D eigenvalue weighted by Crippen LogP contribution is -2.39. The Kier molecular flexibility index (Phi) is 4.23. The van der Waals surface area contributed by atoms with Crippen LogP contribution in [-0.4, -0.2) is 26.3 Å². The van der Waals surface area contributed by atoms with Crippen molar-refractivity contribution in [1.82, 2.24) is 0 Å². The summed E-state index contributed by atoms with van der Waals surface area (Å²) in [6, 6.07) is 3.83. The van der Waals surface area contributed by atoms with Crippen LogP contribution in [0.5, 0.6) is 11.5 Å². The lowest BCUT2D eigenvalue weighted by molar-refractivity contribution is 0.394. The van der Waals surface area contributed by atoms with Crippen LogP contribution in [0.3, 0.4) is 0 Å². The number of nitrogens with one attached hydrogen (secondary N) is 1. The quantitative estimate of drug-likeness (QED) is 0.825. The molecule has 0 aliphatic carbocycles. The fourth-order valence-electron chi connectivity index (χ4n) is 1.54. The predicted octanol–water partition coefficient (Wildman–Crippen LogP) is 2.16. The van der Waals surface area contributed by atoms with Crippen LogP contribution >= 0.6 is 0 Å².